The number of ketones is 1. The van der Waals surface area contributed by atoms with E-state index in [2.05, 4.69) is 5.16 Å². The lowest BCUT2D eigenvalue weighted by Gasteiger charge is -2.04. The molecule has 4 nitrogen and oxygen atoms in total. The molecule has 0 fully saturated rings. The summed E-state index contributed by atoms with van der Waals surface area (Å²) in [6.07, 6.45) is 4.49. The second kappa shape index (κ2) is 5.44. The van der Waals surface area contributed by atoms with Crippen LogP contribution in [0.15, 0.2) is 53.2 Å². The first-order chi connectivity index (χ1) is 9.08. The molecule has 0 aliphatic heterocycles. The molecule has 0 aromatic heterocycles. The van der Waals surface area contributed by atoms with Crippen molar-refractivity contribution in [1.82, 2.24) is 0 Å². The molecule has 0 N–H and O–H groups in total. The van der Waals surface area contributed by atoms with Gasteiger partial charge in [-0.2, -0.15) is 0 Å². The zero-order chi connectivity index (χ0) is 13.8. The number of rotatable bonds is 2. The monoisotopic (exact) mass is 255 g/mol. The highest BCUT2D eigenvalue weighted by atomic mass is 16.7. The van der Waals surface area contributed by atoms with E-state index in [4.69, 9.17) is 4.84 Å². The topological polar surface area (TPSA) is 55.7 Å². The fourth-order valence-electron chi connectivity index (χ4n) is 1.64. The van der Waals surface area contributed by atoms with Crippen molar-refractivity contribution in [3.63, 3.8) is 0 Å². The first kappa shape index (κ1) is 13.0. The van der Waals surface area contributed by atoms with Crippen molar-refractivity contribution in [2.24, 2.45) is 5.16 Å². The van der Waals surface area contributed by atoms with Gasteiger partial charge in [0.25, 0.3) is 0 Å². The van der Waals surface area contributed by atoms with E-state index in [0.717, 1.165) is 5.56 Å². The maximum atomic E-state index is 11.8. The van der Waals surface area contributed by atoms with Gasteiger partial charge >= 0.3 is 5.97 Å². The minimum atomic E-state index is -0.512. The molecule has 2 rings (SSSR count). The highest BCUT2D eigenvalue weighted by Crippen LogP contribution is 2.10. The van der Waals surface area contributed by atoms with Crippen LogP contribution in [0.1, 0.15) is 22.8 Å². The Morgan fingerprint density at radius 3 is 2.58 bits per heavy atom. The molecular formula is C15H13NO3. The molecule has 0 spiro atoms. The van der Waals surface area contributed by atoms with E-state index in [0.29, 0.717) is 16.8 Å². The van der Waals surface area contributed by atoms with E-state index in [1.165, 1.54) is 12.2 Å². The average Bonchev–Trinajstić information content (AvgIpc) is 2.40. The summed E-state index contributed by atoms with van der Waals surface area (Å²) in [5.41, 5.74) is 2.31. The smallest absolute Gasteiger partial charge is 0.312 e. The van der Waals surface area contributed by atoms with Crippen molar-refractivity contribution in [1.29, 1.82) is 0 Å². The predicted octanol–water partition coefficient (Wildman–Crippen LogP) is 2.59. The van der Waals surface area contributed by atoms with Gasteiger partial charge in [0.05, 0.1) is 5.56 Å². The van der Waals surface area contributed by atoms with Crippen LogP contribution in [-0.4, -0.2) is 17.5 Å². The van der Waals surface area contributed by atoms with Gasteiger partial charge in [-0.25, -0.2) is 4.79 Å². The van der Waals surface area contributed by atoms with Crippen LogP contribution < -0.4 is 0 Å². The first-order valence-corrected chi connectivity index (χ1v) is 5.83. The van der Waals surface area contributed by atoms with Crippen LogP contribution in [0.25, 0.3) is 0 Å². The van der Waals surface area contributed by atoms with Gasteiger partial charge in [0.1, 0.15) is 5.71 Å². The maximum absolute atomic E-state index is 11.8. The number of aryl methyl sites for hydroxylation is 1. The maximum Gasteiger partial charge on any atom is 0.366 e. The molecule has 1 aromatic rings. The summed E-state index contributed by atoms with van der Waals surface area (Å²) in [7, 11) is 0. The van der Waals surface area contributed by atoms with Crippen molar-refractivity contribution in [3.05, 3.63) is 59.2 Å². The normalized spacial score (nSPS) is 16.4. The molecule has 0 atom stereocenters. The van der Waals surface area contributed by atoms with Crippen molar-refractivity contribution >= 4 is 17.5 Å². The van der Waals surface area contributed by atoms with Crippen molar-refractivity contribution in [3.8, 4) is 0 Å². The highest BCUT2D eigenvalue weighted by Gasteiger charge is 2.11. The summed E-state index contributed by atoms with van der Waals surface area (Å²) in [6.45, 7) is 3.51. The van der Waals surface area contributed by atoms with E-state index in [-0.39, 0.29) is 5.78 Å². The minimum Gasteiger partial charge on any atom is -0.312 e. The summed E-state index contributed by atoms with van der Waals surface area (Å²) < 4.78 is 0. The standard InChI is InChI=1S/C15H13NO3/c1-10-5-3-4-6-13(10)15(18)19-16-12-7-8-14(17)11(2)9-12/h3-9H,1-2H3. The number of benzene rings is 1. The Labute approximate surface area is 111 Å². The van der Waals surface area contributed by atoms with Crippen LogP contribution in [-0.2, 0) is 9.63 Å². The van der Waals surface area contributed by atoms with Crippen LogP contribution in [0, 0.1) is 6.92 Å². The molecule has 0 saturated heterocycles. The van der Waals surface area contributed by atoms with E-state index < -0.39 is 5.97 Å². The van der Waals surface area contributed by atoms with Crippen LogP contribution in [0.5, 0.6) is 0 Å². The minimum absolute atomic E-state index is 0.0656. The Balaban J connectivity index is 2.12. The van der Waals surface area contributed by atoms with E-state index in [1.54, 1.807) is 25.1 Å². The van der Waals surface area contributed by atoms with Crippen LogP contribution >= 0.6 is 0 Å². The molecular weight excluding hydrogens is 242 g/mol. The molecule has 1 aliphatic carbocycles. The number of carbonyl (C=O) groups excluding carboxylic acids is 2. The van der Waals surface area contributed by atoms with Gasteiger partial charge in [-0.15, -0.1) is 0 Å². The largest absolute Gasteiger partial charge is 0.366 e. The van der Waals surface area contributed by atoms with Gasteiger partial charge in [-0.05, 0) is 49.3 Å². The molecule has 0 unspecified atom stereocenters. The number of allylic oxidation sites excluding steroid dienone is 4. The molecule has 0 amide bonds. The third-order valence-electron chi connectivity index (χ3n) is 2.76. The summed E-state index contributed by atoms with van der Waals surface area (Å²) in [6, 6.07) is 7.12. The predicted molar refractivity (Wildman–Crippen MR) is 71.9 cm³/mol. The number of carbonyl (C=O) groups is 2. The Kier molecular flexibility index (Phi) is 3.71. The van der Waals surface area contributed by atoms with Gasteiger partial charge in [0.2, 0.25) is 0 Å². The van der Waals surface area contributed by atoms with Gasteiger partial charge in [-0.3, -0.25) is 4.79 Å². The van der Waals surface area contributed by atoms with Crippen LogP contribution in [0.3, 0.4) is 0 Å². The second-order valence-electron chi connectivity index (χ2n) is 4.23. The van der Waals surface area contributed by atoms with E-state index in [1.807, 2.05) is 19.1 Å². The highest BCUT2D eigenvalue weighted by molar-refractivity contribution is 6.18. The fourth-order valence-corrected chi connectivity index (χ4v) is 1.64. The fraction of sp³-hybridized carbons (Fsp3) is 0.133. The lowest BCUT2D eigenvalue weighted by molar-refractivity contribution is -0.111. The number of hydrogen-bond acceptors (Lipinski definition) is 4. The average molecular weight is 255 g/mol. The SMILES string of the molecule is CC1=CC(=NOC(=O)c2ccccc2C)C=CC1=O. The summed E-state index contributed by atoms with van der Waals surface area (Å²) >= 11 is 0. The summed E-state index contributed by atoms with van der Waals surface area (Å²) in [5, 5.41) is 3.74. The Morgan fingerprint density at radius 2 is 1.89 bits per heavy atom. The van der Waals surface area contributed by atoms with Crippen LogP contribution in [0.2, 0.25) is 0 Å². The summed E-state index contributed by atoms with van der Waals surface area (Å²) in [4.78, 5) is 27.9. The Morgan fingerprint density at radius 1 is 1.16 bits per heavy atom. The summed E-state index contributed by atoms with van der Waals surface area (Å²) in [5.74, 6) is -0.578. The Hall–Kier alpha value is -2.49. The van der Waals surface area contributed by atoms with Crippen molar-refractivity contribution in [2.45, 2.75) is 13.8 Å². The molecule has 0 bridgehead atoms. The van der Waals surface area contributed by atoms with Crippen molar-refractivity contribution < 1.29 is 14.4 Å². The third kappa shape index (κ3) is 3.04. The molecule has 0 saturated carbocycles. The van der Waals surface area contributed by atoms with Crippen molar-refractivity contribution in [2.75, 3.05) is 0 Å². The molecule has 4 heteroatoms. The number of nitrogens with zero attached hydrogens (tertiary/aromatic N) is 1. The first-order valence-electron chi connectivity index (χ1n) is 5.83. The van der Waals surface area contributed by atoms with E-state index in [9.17, 15) is 9.59 Å². The van der Waals surface area contributed by atoms with E-state index >= 15 is 0 Å². The number of oxime groups is 1. The molecule has 19 heavy (non-hydrogen) atoms. The van der Waals surface area contributed by atoms with Gasteiger partial charge in [-0.1, -0.05) is 23.4 Å². The zero-order valence-corrected chi connectivity index (χ0v) is 10.7. The van der Waals surface area contributed by atoms with Gasteiger partial charge < -0.3 is 4.84 Å². The van der Waals surface area contributed by atoms with Gasteiger partial charge in [0, 0.05) is 0 Å². The lowest BCUT2D eigenvalue weighted by atomic mass is 10.1. The molecule has 0 heterocycles. The Bertz CT molecular complexity index is 624. The number of hydrogen-bond donors (Lipinski definition) is 0. The molecule has 96 valence electrons. The second-order valence-corrected chi connectivity index (χ2v) is 4.23. The van der Waals surface area contributed by atoms with Gasteiger partial charge in [0.15, 0.2) is 5.78 Å². The van der Waals surface area contributed by atoms with Crippen LogP contribution in [0.4, 0.5) is 0 Å². The molecule has 0 radical (unpaired) electrons. The molecule has 1 aliphatic rings. The lowest BCUT2D eigenvalue weighted by Crippen LogP contribution is -2.08. The molecule has 1 aromatic carbocycles. The third-order valence-corrected chi connectivity index (χ3v) is 2.76. The quantitative estimate of drug-likeness (QED) is 0.463. The zero-order valence-electron chi connectivity index (χ0n) is 10.7.